The first-order chi connectivity index (χ1) is 10.3. The first kappa shape index (κ1) is 13.7. The van der Waals surface area contributed by atoms with Gasteiger partial charge in [-0.15, -0.1) is 0 Å². The van der Waals surface area contributed by atoms with Crippen molar-refractivity contribution in [1.29, 1.82) is 5.26 Å². The fourth-order valence-electron chi connectivity index (χ4n) is 2.41. The van der Waals surface area contributed by atoms with Crippen LogP contribution in [0.1, 0.15) is 24.0 Å². The molecule has 21 heavy (non-hydrogen) atoms. The van der Waals surface area contributed by atoms with E-state index in [1.165, 1.54) is 12.8 Å². The standard InChI is InChI=1S/C18H18N2O/c1-21-18-8-5-15(10-16(18)12-20-17-6-7-17)14-4-2-3-13(9-14)11-19/h2-5,8-10,17,20H,6-7,12H2,1H3. The number of rotatable bonds is 5. The van der Waals surface area contributed by atoms with Gasteiger partial charge in [-0.2, -0.15) is 5.26 Å². The molecule has 3 heteroatoms. The van der Waals surface area contributed by atoms with Gasteiger partial charge in [0.1, 0.15) is 5.75 Å². The Bertz CT molecular complexity index is 684. The maximum Gasteiger partial charge on any atom is 0.123 e. The zero-order valence-electron chi connectivity index (χ0n) is 12.1. The molecule has 0 unspecified atom stereocenters. The normalized spacial score (nSPS) is 13.7. The third-order valence-electron chi connectivity index (χ3n) is 3.76. The number of nitrogens with zero attached hydrogens (tertiary/aromatic N) is 1. The van der Waals surface area contributed by atoms with Gasteiger partial charge in [0.15, 0.2) is 0 Å². The maximum absolute atomic E-state index is 9.02. The van der Waals surface area contributed by atoms with E-state index < -0.39 is 0 Å². The Morgan fingerprint density at radius 1 is 1.19 bits per heavy atom. The van der Waals surface area contributed by atoms with Gasteiger partial charge in [-0.05, 0) is 48.2 Å². The highest BCUT2D eigenvalue weighted by Crippen LogP contribution is 2.28. The lowest BCUT2D eigenvalue weighted by Gasteiger charge is -2.12. The van der Waals surface area contributed by atoms with E-state index in [0.29, 0.717) is 11.6 Å². The summed E-state index contributed by atoms with van der Waals surface area (Å²) in [7, 11) is 1.70. The summed E-state index contributed by atoms with van der Waals surface area (Å²) in [6, 6.07) is 16.7. The zero-order chi connectivity index (χ0) is 14.7. The van der Waals surface area contributed by atoms with E-state index in [4.69, 9.17) is 10.00 Å². The largest absolute Gasteiger partial charge is 0.496 e. The molecule has 106 valence electrons. The molecule has 0 aliphatic heterocycles. The highest BCUT2D eigenvalue weighted by molar-refractivity contribution is 5.67. The molecular formula is C18H18N2O. The van der Waals surface area contributed by atoms with E-state index in [1.807, 2.05) is 36.4 Å². The molecule has 2 aromatic carbocycles. The Labute approximate surface area is 125 Å². The average molecular weight is 278 g/mol. The van der Waals surface area contributed by atoms with Crippen molar-refractivity contribution in [1.82, 2.24) is 5.32 Å². The van der Waals surface area contributed by atoms with Gasteiger partial charge in [0.25, 0.3) is 0 Å². The first-order valence-electron chi connectivity index (χ1n) is 7.21. The molecule has 3 nitrogen and oxygen atoms in total. The van der Waals surface area contributed by atoms with Crippen LogP contribution in [0.25, 0.3) is 11.1 Å². The number of ether oxygens (including phenoxy) is 1. The van der Waals surface area contributed by atoms with Crippen molar-refractivity contribution < 1.29 is 4.74 Å². The van der Waals surface area contributed by atoms with Crippen molar-refractivity contribution in [2.45, 2.75) is 25.4 Å². The molecule has 0 aromatic heterocycles. The predicted octanol–water partition coefficient (Wildman–Crippen LogP) is 3.49. The molecule has 0 amide bonds. The van der Waals surface area contributed by atoms with Gasteiger partial charge >= 0.3 is 0 Å². The molecule has 0 atom stereocenters. The van der Waals surface area contributed by atoms with E-state index in [-0.39, 0.29) is 0 Å². The molecule has 3 rings (SSSR count). The number of methoxy groups -OCH3 is 1. The molecule has 1 saturated carbocycles. The quantitative estimate of drug-likeness (QED) is 0.910. The summed E-state index contributed by atoms with van der Waals surface area (Å²) >= 11 is 0. The Balaban J connectivity index is 1.90. The number of hydrogen-bond donors (Lipinski definition) is 1. The minimum absolute atomic E-state index is 0.667. The summed E-state index contributed by atoms with van der Waals surface area (Å²) in [5, 5.41) is 12.5. The fourth-order valence-corrected chi connectivity index (χ4v) is 2.41. The molecule has 1 aliphatic rings. The van der Waals surface area contributed by atoms with Crippen molar-refractivity contribution in [2.75, 3.05) is 7.11 Å². The molecule has 1 aliphatic carbocycles. The molecule has 1 N–H and O–H groups in total. The zero-order valence-corrected chi connectivity index (χ0v) is 12.1. The second-order valence-corrected chi connectivity index (χ2v) is 5.37. The van der Waals surface area contributed by atoms with Crippen molar-refractivity contribution in [2.24, 2.45) is 0 Å². The van der Waals surface area contributed by atoms with Crippen LogP contribution < -0.4 is 10.1 Å². The first-order valence-corrected chi connectivity index (χ1v) is 7.21. The molecular weight excluding hydrogens is 260 g/mol. The van der Waals surface area contributed by atoms with Gasteiger partial charge in [-0.25, -0.2) is 0 Å². The van der Waals surface area contributed by atoms with Gasteiger partial charge < -0.3 is 10.1 Å². The molecule has 0 spiro atoms. The second-order valence-electron chi connectivity index (χ2n) is 5.37. The van der Waals surface area contributed by atoms with Crippen LogP contribution in [0.15, 0.2) is 42.5 Å². The fraction of sp³-hybridized carbons (Fsp3) is 0.278. The van der Waals surface area contributed by atoms with Crippen LogP contribution in [0.5, 0.6) is 5.75 Å². The predicted molar refractivity (Wildman–Crippen MR) is 83.0 cm³/mol. The van der Waals surface area contributed by atoms with Gasteiger partial charge in [-0.1, -0.05) is 18.2 Å². The summed E-state index contributed by atoms with van der Waals surface area (Å²) in [5.41, 5.74) is 4.01. The lowest BCUT2D eigenvalue weighted by molar-refractivity contribution is 0.407. The molecule has 0 saturated heterocycles. The van der Waals surface area contributed by atoms with Crippen LogP contribution >= 0.6 is 0 Å². The minimum Gasteiger partial charge on any atom is -0.496 e. The summed E-state index contributed by atoms with van der Waals surface area (Å²) in [5.74, 6) is 0.906. The summed E-state index contributed by atoms with van der Waals surface area (Å²) < 4.78 is 5.44. The average Bonchev–Trinajstić information content (AvgIpc) is 3.37. The Kier molecular flexibility index (Phi) is 3.89. The number of benzene rings is 2. The van der Waals surface area contributed by atoms with Crippen molar-refractivity contribution >= 4 is 0 Å². The van der Waals surface area contributed by atoms with Crippen LogP contribution in [-0.2, 0) is 6.54 Å². The van der Waals surface area contributed by atoms with Crippen molar-refractivity contribution in [3.05, 3.63) is 53.6 Å². The third kappa shape index (κ3) is 3.24. The van der Waals surface area contributed by atoms with Crippen LogP contribution in [0.4, 0.5) is 0 Å². The lowest BCUT2D eigenvalue weighted by Crippen LogP contribution is -2.15. The number of hydrogen-bond acceptors (Lipinski definition) is 3. The SMILES string of the molecule is COc1ccc(-c2cccc(C#N)c2)cc1CNC1CC1. The highest BCUT2D eigenvalue weighted by Gasteiger charge is 2.20. The van der Waals surface area contributed by atoms with Gasteiger partial charge in [0.05, 0.1) is 18.7 Å². The third-order valence-corrected chi connectivity index (χ3v) is 3.76. The molecule has 0 heterocycles. The van der Waals surface area contributed by atoms with Crippen molar-refractivity contribution in [3.63, 3.8) is 0 Å². The van der Waals surface area contributed by atoms with Crippen LogP contribution in [0.3, 0.4) is 0 Å². The number of nitrogens with one attached hydrogen (secondary N) is 1. The van der Waals surface area contributed by atoms with E-state index in [2.05, 4.69) is 17.5 Å². The topological polar surface area (TPSA) is 45.0 Å². The Morgan fingerprint density at radius 2 is 2.00 bits per heavy atom. The summed E-state index contributed by atoms with van der Waals surface area (Å²) in [6.07, 6.45) is 2.54. The van der Waals surface area contributed by atoms with Gasteiger partial charge in [-0.3, -0.25) is 0 Å². The van der Waals surface area contributed by atoms with Crippen LogP contribution in [0.2, 0.25) is 0 Å². The maximum atomic E-state index is 9.02. The molecule has 0 radical (unpaired) electrons. The van der Waals surface area contributed by atoms with Crippen LogP contribution in [0, 0.1) is 11.3 Å². The minimum atomic E-state index is 0.667. The van der Waals surface area contributed by atoms with E-state index in [1.54, 1.807) is 7.11 Å². The highest BCUT2D eigenvalue weighted by atomic mass is 16.5. The summed E-state index contributed by atoms with van der Waals surface area (Å²) in [6.45, 7) is 0.819. The Morgan fingerprint density at radius 3 is 2.71 bits per heavy atom. The lowest BCUT2D eigenvalue weighted by atomic mass is 10.0. The van der Waals surface area contributed by atoms with Gasteiger partial charge in [0, 0.05) is 18.2 Å². The van der Waals surface area contributed by atoms with Crippen molar-refractivity contribution in [3.8, 4) is 22.9 Å². The van der Waals surface area contributed by atoms with E-state index >= 15 is 0 Å². The van der Waals surface area contributed by atoms with E-state index in [0.717, 1.165) is 29.0 Å². The molecule has 1 fully saturated rings. The monoisotopic (exact) mass is 278 g/mol. The van der Waals surface area contributed by atoms with Gasteiger partial charge in [0.2, 0.25) is 0 Å². The van der Waals surface area contributed by atoms with E-state index in [9.17, 15) is 0 Å². The smallest absolute Gasteiger partial charge is 0.123 e. The summed E-state index contributed by atoms with van der Waals surface area (Å²) in [4.78, 5) is 0. The number of nitriles is 1. The second kappa shape index (κ2) is 5.99. The van der Waals surface area contributed by atoms with Crippen LogP contribution in [-0.4, -0.2) is 13.2 Å². The Hall–Kier alpha value is -2.31. The molecule has 0 bridgehead atoms. The molecule has 2 aromatic rings.